The number of thiocarbonyl (C=S) groups is 1. The summed E-state index contributed by atoms with van der Waals surface area (Å²) in [5.74, 6) is 0.322. The van der Waals surface area contributed by atoms with E-state index >= 15 is 0 Å². The highest BCUT2D eigenvalue weighted by atomic mass is 32.1. The molecule has 6 heteroatoms. The Morgan fingerprint density at radius 2 is 1.96 bits per heavy atom. The van der Waals surface area contributed by atoms with E-state index in [-0.39, 0.29) is 5.92 Å². The van der Waals surface area contributed by atoms with E-state index in [4.69, 9.17) is 12.2 Å². The molecule has 28 heavy (non-hydrogen) atoms. The molecule has 0 bridgehead atoms. The Labute approximate surface area is 170 Å². The van der Waals surface area contributed by atoms with E-state index < -0.39 is 5.97 Å². The molecule has 0 aliphatic carbocycles. The molecule has 1 unspecified atom stereocenters. The lowest BCUT2D eigenvalue weighted by molar-refractivity contribution is 0.0697. The van der Waals surface area contributed by atoms with Gasteiger partial charge in [0.2, 0.25) is 0 Å². The van der Waals surface area contributed by atoms with Crippen LogP contribution in [0.5, 0.6) is 0 Å². The SMILES string of the molecule is CCCC(CC=S)c1ncnn1Cc1ccc(-c2ccccc2C(=O)O)cc1. The normalized spacial score (nSPS) is 11.9. The minimum absolute atomic E-state index is 0.284. The zero-order chi connectivity index (χ0) is 19.9. The van der Waals surface area contributed by atoms with E-state index in [1.807, 2.05) is 41.1 Å². The summed E-state index contributed by atoms with van der Waals surface area (Å²) < 4.78 is 1.93. The quantitative estimate of drug-likeness (QED) is 0.520. The average molecular weight is 394 g/mol. The number of carboxylic acid groups (broad SMARTS) is 1. The monoisotopic (exact) mass is 393 g/mol. The highest BCUT2D eigenvalue weighted by molar-refractivity contribution is 7.78. The zero-order valence-electron chi connectivity index (χ0n) is 15.8. The maximum absolute atomic E-state index is 11.5. The van der Waals surface area contributed by atoms with Crippen molar-refractivity contribution in [2.45, 2.75) is 38.6 Å². The molecule has 2 aromatic carbocycles. The van der Waals surface area contributed by atoms with Gasteiger partial charge in [0.1, 0.15) is 12.2 Å². The fourth-order valence-electron chi connectivity index (χ4n) is 3.41. The summed E-state index contributed by atoms with van der Waals surface area (Å²) in [7, 11) is 0. The molecule has 1 N–H and O–H groups in total. The predicted molar refractivity (Wildman–Crippen MR) is 114 cm³/mol. The van der Waals surface area contributed by atoms with E-state index in [0.29, 0.717) is 17.7 Å². The van der Waals surface area contributed by atoms with E-state index in [0.717, 1.165) is 36.2 Å². The van der Waals surface area contributed by atoms with Gasteiger partial charge in [-0.3, -0.25) is 0 Å². The number of benzene rings is 2. The molecule has 0 aliphatic rings. The summed E-state index contributed by atoms with van der Waals surface area (Å²) in [5, 5.41) is 15.6. The van der Waals surface area contributed by atoms with Crippen LogP contribution in [0.4, 0.5) is 0 Å². The molecular formula is C22H23N3O2S. The van der Waals surface area contributed by atoms with Crippen LogP contribution in [0.25, 0.3) is 11.1 Å². The van der Waals surface area contributed by atoms with Crippen LogP contribution in [0.15, 0.2) is 54.9 Å². The van der Waals surface area contributed by atoms with Crippen molar-refractivity contribution >= 4 is 23.6 Å². The Kier molecular flexibility index (Phi) is 6.66. The lowest BCUT2D eigenvalue weighted by Gasteiger charge is -2.15. The molecule has 0 radical (unpaired) electrons. The molecule has 5 nitrogen and oxygen atoms in total. The number of hydrogen-bond donors (Lipinski definition) is 1. The molecule has 0 spiro atoms. The first-order valence-electron chi connectivity index (χ1n) is 9.37. The first kappa shape index (κ1) is 19.9. The number of rotatable bonds is 9. The van der Waals surface area contributed by atoms with Crippen molar-refractivity contribution in [3.05, 3.63) is 71.8 Å². The highest BCUT2D eigenvalue weighted by Crippen LogP contribution is 2.25. The zero-order valence-corrected chi connectivity index (χ0v) is 16.6. The van der Waals surface area contributed by atoms with Crippen molar-refractivity contribution in [1.29, 1.82) is 0 Å². The molecule has 0 aliphatic heterocycles. The highest BCUT2D eigenvalue weighted by Gasteiger charge is 2.17. The lowest BCUT2D eigenvalue weighted by atomic mass is 9.98. The molecule has 0 amide bonds. The summed E-state index contributed by atoms with van der Waals surface area (Å²) in [6, 6.07) is 15.0. The number of aromatic carboxylic acids is 1. The van der Waals surface area contributed by atoms with Crippen LogP contribution in [0.3, 0.4) is 0 Å². The number of hydrogen-bond acceptors (Lipinski definition) is 4. The number of carboxylic acids is 1. The minimum Gasteiger partial charge on any atom is -0.478 e. The summed E-state index contributed by atoms with van der Waals surface area (Å²) >= 11 is 5.05. The van der Waals surface area contributed by atoms with Gasteiger partial charge in [-0.2, -0.15) is 5.10 Å². The number of aromatic nitrogens is 3. The van der Waals surface area contributed by atoms with Crippen molar-refractivity contribution in [1.82, 2.24) is 14.8 Å². The van der Waals surface area contributed by atoms with Crippen LogP contribution in [-0.2, 0) is 6.54 Å². The van der Waals surface area contributed by atoms with Crippen LogP contribution in [-0.4, -0.2) is 31.2 Å². The molecular weight excluding hydrogens is 370 g/mol. The fourth-order valence-corrected chi connectivity index (χ4v) is 3.64. The minimum atomic E-state index is -0.924. The van der Waals surface area contributed by atoms with Gasteiger partial charge in [-0.1, -0.05) is 68.0 Å². The van der Waals surface area contributed by atoms with E-state index in [2.05, 4.69) is 17.0 Å². The third-order valence-electron chi connectivity index (χ3n) is 4.78. The molecule has 1 heterocycles. The van der Waals surface area contributed by atoms with Crippen molar-refractivity contribution in [2.24, 2.45) is 0 Å². The van der Waals surface area contributed by atoms with Crippen LogP contribution in [0.2, 0.25) is 0 Å². The Morgan fingerprint density at radius 1 is 1.21 bits per heavy atom. The van der Waals surface area contributed by atoms with Crippen LogP contribution < -0.4 is 0 Å². The van der Waals surface area contributed by atoms with E-state index in [1.54, 1.807) is 23.8 Å². The van der Waals surface area contributed by atoms with Crippen molar-refractivity contribution in [3.8, 4) is 11.1 Å². The van der Waals surface area contributed by atoms with Gasteiger partial charge in [0.05, 0.1) is 12.1 Å². The molecule has 3 aromatic rings. The molecule has 0 fully saturated rings. The van der Waals surface area contributed by atoms with Crippen molar-refractivity contribution < 1.29 is 9.90 Å². The van der Waals surface area contributed by atoms with Crippen molar-refractivity contribution in [2.75, 3.05) is 0 Å². The van der Waals surface area contributed by atoms with Gasteiger partial charge in [-0.25, -0.2) is 14.5 Å². The van der Waals surface area contributed by atoms with Gasteiger partial charge in [0.15, 0.2) is 0 Å². The summed E-state index contributed by atoms with van der Waals surface area (Å²) in [5.41, 5.74) is 2.98. The predicted octanol–water partition coefficient (Wildman–Crippen LogP) is 4.97. The van der Waals surface area contributed by atoms with Gasteiger partial charge in [0.25, 0.3) is 0 Å². The molecule has 0 saturated heterocycles. The second kappa shape index (κ2) is 9.37. The van der Waals surface area contributed by atoms with Gasteiger partial charge in [-0.05, 0) is 41.0 Å². The van der Waals surface area contributed by atoms with Crippen LogP contribution in [0, 0.1) is 0 Å². The topological polar surface area (TPSA) is 68.0 Å². The molecule has 1 aromatic heterocycles. The summed E-state index contributed by atoms with van der Waals surface area (Å²) in [6.45, 7) is 2.78. The van der Waals surface area contributed by atoms with Crippen molar-refractivity contribution in [3.63, 3.8) is 0 Å². The van der Waals surface area contributed by atoms with Gasteiger partial charge in [0, 0.05) is 5.92 Å². The molecule has 0 saturated carbocycles. The molecule has 144 valence electrons. The Hall–Kier alpha value is -2.86. The average Bonchev–Trinajstić information content (AvgIpc) is 3.16. The first-order chi connectivity index (χ1) is 13.6. The summed E-state index contributed by atoms with van der Waals surface area (Å²) in [6.07, 6.45) is 4.50. The van der Waals surface area contributed by atoms with E-state index in [1.165, 1.54) is 0 Å². The smallest absolute Gasteiger partial charge is 0.336 e. The fraction of sp³-hybridized carbons (Fsp3) is 0.273. The maximum Gasteiger partial charge on any atom is 0.336 e. The number of nitrogens with zero attached hydrogens (tertiary/aromatic N) is 3. The number of carbonyl (C=O) groups is 1. The summed E-state index contributed by atoms with van der Waals surface area (Å²) in [4.78, 5) is 15.9. The third kappa shape index (κ3) is 4.51. The largest absolute Gasteiger partial charge is 0.478 e. The van der Waals surface area contributed by atoms with Gasteiger partial charge in [-0.15, -0.1) is 0 Å². The standard InChI is InChI=1S/C22H23N3O2S/c1-2-5-18(12-13-28)21-23-15-24-25(21)14-16-8-10-17(11-9-16)19-6-3-4-7-20(19)22(26)27/h3-4,6-11,13,15,18H,2,5,12,14H2,1H3,(H,26,27). The maximum atomic E-state index is 11.5. The first-order valence-corrected chi connectivity index (χ1v) is 9.84. The second-order valence-electron chi connectivity index (χ2n) is 6.71. The van der Waals surface area contributed by atoms with E-state index in [9.17, 15) is 9.90 Å². The Morgan fingerprint density at radius 3 is 2.64 bits per heavy atom. The van der Waals surface area contributed by atoms with Crippen LogP contribution in [0.1, 0.15) is 53.8 Å². The lowest BCUT2D eigenvalue weighted by Crippen LogP contribution is -2.12. The molecule has 3 rings (SSSR count). The van der Waals surface area contributed by atoms with Crippen LogP contribution >= 0.6 is 12.2 Å². The second-order valence-corrected chi connectivity index (χ2v) is 7.04. The van der Waals surface area contributed by atoms with Gasteiger partial charge < -0.3 is 5.11 Å². The van der Waals surface area contributed by atoms with Gasteiger partial charge >= 0.3 is 5.97 Å². The Bertz CT molecular complexity index is 950. The molecule has 1 atom stereocenters. The Balaban J connectivity index is 1.82. The third-order valence-corrected chi connectivity index (χ3v) is 4.98.